The Morgan fingerprint density at radius 3 is 3.00 bits per heavy atom. The van der Waals surface area contributed by atoms with E-state index in [0.717, 1.165) is 19.6 Å². The van der Waals surface area contributed by atoms with Crippen LogP contribution >= 0.6 is 0 Å². The summed E-state index contributed by atoms with van der Waals surface area (Å²) in [6, 6.07) is 5.70. The van der Waals surface area contributed by atoms with E-state index >= 15 is 0 Å². The van der Waals surface area contributed by atoms with Crippen molar-refractivity contribution in [3.63, 3.8) is 0 Å². The normalized spacial score (nSPS) is 28.1. The number of hydrogen-bond acceptors (Lipinski definition) is 3. The largest absolute Gasteiger partial charge is 0.496 e. The number of hydrogen-bond donors (Lipinski definition) is 1. The molecule has 1 aromatic rings. The maximum absolute atomic E-state index is 14.2. The van der Waals surface area contributed by atoms with Gasteiger partial charge in [-0.05, 0) is 44.4 Å². The average molecular weight is 278 g/mol. The Bertz CT molecular complexity index is 466. The third-order valence-corrected chi connectivity index (χ3v) is 4.83. The first-order valence-corrected chi connectivity index (χ1v) is 7.50. The minimum absolute atomic E-state index is 0.0542. The van der Waals surface area contributed by atoms with Crippen molar-refractivity contribution < 1.29 is 9.13 Å². The van der Waals surface area contributed by atoms with E-state index in [2.05, 4.69) is 17.1 Å². The predicted molar refractivity (Wildman–Crippen MR) is 77.5 cm³/mol. The molecular formula is C16H23FN2O. The van der Waals surface area contributed by atoms with Gasteiger partial charge in [0.2, 0.25) is 0 Å². The zero-order chi connectivity index (χ0) is 14.1. The minimum atomic E-state index is -0.167. The topological polar surface area (TPSA) is 24.5 Å². The highest BCUT2D eigenvalue weighted by atomic mass is 19.1. The number of likely N-dealkylation sites (tertiary alicyclic amines) is 1. The second kappa shape index (κ2) is 5.70. The Hall–Kier alpha value is -1.13. The van der Waals surface area contributed by atoms with Crippen LogP contribution in [0, 0.1) is 11.7 Å². The molecular weight excluding hydrogens is 255 g/mol. The standard InChI is InChI=1S/C16H23FN2O/c1-11(16-13(17)6-3-7-15(16)20-2)19-9-12-5-4-8-18-14(12)10-19/h3,6-7,11-12,14,18H,4-5,8-10H2,1-2H3. The van der Waals surface area contributed by atoms with Crippen molar-refractivity contribution in [3.8, 4) is 5.75 Å². The van der Waals surface area contributed by atoms with E-state index in [9.17, 15) is 4.39 Å². The maximum Gasteiger partial charge on any atom is 0.131 e. The lowest BCUT2D eigenvalue weighted by Crippen LogP contribution is -2.40. The molecule has 0 saturated carbocycles. The van der Waals surface area contributed by atoms with Gasteiger partial charge in [0, 0.05) is 30.7 Å². The van der Waals surface area contributed by atoms with Crippen molar-refractivity contribution in [2.45, 2.75) is 31.8 Å². The van der Waals surface area contributed by atoms with Gasteiger partial charge in [-0.3, -0.25) is 4.90 Å². The first-order chi connectivity index (χ1) is 9.70. The molecule has 1 aromatic carbocycles. The second-order valence-corrected chi connectivity index (χ2v) is 5.95. The van der Waals surface area contributed by atoms with Crippen molar-refractivity contribution >= 4 is 0 Å². The third-order valence-electron chi connectivity index (χ3n) is 4.83. The Balaban J connectivity index is 1.81. The molecule has 20 heavy (non-hydrogen) atoms. The number of rotatable bonds is 3. The fraction of sp³-hybridized carbons (Fsp3) is 0.625. The zero-order valence-electron chi connectivity index (χ0n) is 12.2. The molecule has 2 saturated heterocycles. The number of nitrogens with one attached hydrogen (secondary N) is 1. The van der Waals surface area contributed by atoms with Gasteiger partial charge in [-0.2, -0.15) is 0 Å². The summed E-state index contributed by atoms with van der Waals surface area (Å²) in [4.78, 5) is 2.38. The molecule has 3 unspecified atom stereocenters. The van der Waals surface area contributed by atoms with E-state index in [-0.39, 0.29) is 11.9 Å². The summed E-state index contributed by atoms with van der Waals surface area (Å²) in [6.45, 7) is 5.25. The van der Waals surface area contributed by atoms with Gasteiger partial charge < -0.3 is 10.1 Å². The third kappa shape index (κ3) is 2.42. The van der Waals surface area contributed by atoms with Gasteiger partial charge in [-0.25, -0.2) is 4.39 Å². The summed E-state index contributed by atoms with van der Waals surface area (Å²) in [5, 5.41) is 3.59. The predicted octanol–water partition coefficient (Wildman–Crippen LogP) is 2.58. The van der Waals surface area contributed by atoms with Crippen LogP contribution in [0.15, 0.2) is 18.2 Å². The molecule has 0 aromatic heterocycles. The highest BCUT2D eigenvalue weighted by Gasteiger charge is 2.37. The van der Waals surface area contributed by atoms with Crippen molar-refractivity contribution in [1.82, 2.24) is 10.2 Å². The summed E-state index contributed by atoms with van der Waals surface area (Å²) in [5.41, 5.74) is 0.689. The molecule has 3 atom stereocenters. The van der Waals surface area contributed by atoms with Crippen molar-refractivity contribution in [2.24, 2.45) is 5.92 Å². The van der Waals surface area contributed by atoms with Gasteiger partial charge >= 0.3 is 0 Å². The van der Waals surface area contributed by atoms with Crippen LogP contribution < -0.4 is 10.1 Å². The summed E-state index contributed by atoms with van der Waals surface area (Å²) in [5.74, 6) is 1.20. The molecule has 110 valence electrons. The maximum atomic E-state index is 14.2. The van der Waals surface area contributed by atoms with E-state index in [1.807, 2.05) is 6.07 Å². The summed E-state index contributed by atoms with van der Waals surface area (Å²) < 4.78 is 19.5. The number of piperidine rings is 1. The smallest absolute Gasteiger partial charge is 0.131 e. The Kier molecular flexibility index (Phi) is 3.94. The Labute approximate surface area is 120 Å². The highest BCUT2D eigenvalue weighted by molar-refractivity contribution is 5.37. The van der Waals surface area contributed by atoms with Gasteiger partial charge in [0.25, 0.3) is 0 Å². The number of methoxy groups -OCH3 is 1. The lowest BCUT2D eigenvalue weighted by Gasteiger charge is -2.26. The van der Waals surface area contributed by atoms with E-state index in [4.69, 9.17) is 4.74 Å². The fourth-order valence-electron chi connectivity index (χ4n) is 3.68. The quantitative estimate of drug-likeness (QED) is 0.919. The molecule has 2 heterocycles. The van der Waals surface area contributed by atoms with Gasteiger partial charge in [0.05, 0.1) is 7.11 Å². The molecule has 0 aliphatic carbocycles. The van der Waals surface area contributed by atoms with Crippen LogP contribution in [-0.4, -0.2) is 37.7 Å². The van der Waals surface area contributed by atoms with Crippen LogP contribution in [0.4, 0.5) is 4.39 Å². The number of halogens is 1. The van der Waals surface area contributed by atoms with E-state index in [0.29, 0.717) is 23.3 Å². The van der Waals surface area contributed by atoms with Crippen molar-refractivity contribution in [3.05, 3.63) is 29.6 Å². The Morgan fingerprint density at radius 2 is 2.25 bits per heavy atom. The molecule has 0 amide bonds. The van der Waals surface area contributed by atoms with Crippen LogP contribution in [0.25, 0.3) is 0 Å². The van der Waals surface area contributed by atoms with Gasteiger partial charge in [0.15, 0.2) is 0 Å². The summed E-state index contributed by atoms with van der Waals surface area (Å²) >= 11 is 0. The van der Waals surface area contributed by atoms with Crippen LogP contribution in [0.1, 0.15) is 31.4 Å². The average Bonchev–Trinajstić information content (AvgIpc) is 2.90. The lowest BCUT2D eigenvalue weighted by atomic mass is 9.94. The summed E-state index contributed by atoms with van der Waals surface area (Å²) in [7, 11) is 1.61. The van der Waals surface area contributed by atoms with Crippen LogP contribution in [-0.2, 0) is 0 Å². The lowest BCUT2D eigenvalue weighted by molar-refractivity contribution is 0.239. The highest BCUT2D eigenvalue weighted by Crippen LogP contribution is 2.36. The van der Waals surface area contributed by atoms with Crippen LogP contribution in [0.3, 0.4) is 0 Å². The first-order valence-electron chi connectivity index (χ1n) is 7.50. The number of fused-ring (bicyclic) bond motifs is 1. The zero-order valence-corrected chi connectivity index (χ0v) is 12.2. The molecule has 2 aliphatic rings. The molecule has 1 N–H and O–H groups in total. The minimum Gasteiger partial charge on any atom is -0.496 e. The van der Waals surface area contributed by atoms with Gasteiger partial charge in [0.1, 0.15) is 11.6 Å². The van der Waals surface area contributed by atoms with E-state index in [1.165, 1.54) is 18.9 Å². The van der Waals surface area contributed by atoms with Crippen LogP contribution in [0.2, 0.25) is 0 Å². The molecule has 4 heteroatoms. The van der Waals surface area contributed by atoms with Crippen molar-refractivity contribution in [1.29, 1.82) is 0 Å². The molecule has 0 radical (unpaired) electrons. The summed E-state index contributed by atoms with van der Waals surface area (Å²) in [6.07, 6.45) is 2.54. The SMILES string of the molecule is COc1cccc(F)c1C(C)N1CC2CCCNC2C1. The molecule has 3 nitrogen and oxygen atoms in total. The van der Waals surface area contributed by atoms with Gasteiger partial charge in [-0.1, -0.05) is 6.07 Å². The second-order valence-electron chi connectivity index (χ2n) is 5.95. The van der Waals surface area contributed by atoms with Gasteiger partial charge in [-0.15, -0.1) is 0 Å². The first kappa shape index (κ1) is 13.8. The fourth-order valence-corrected chi connectivity index (χ4v) is 3.68. The monoisotopic (exact) mass is 278 g/mol. The molecule has 3 rings (SSSR count). The number of ether oxygens (including phenoxy) is 1. The molecule has 2 fully saturated rings. The molecule has 0 spiro atoms. The van der Waals surface area contributed by atoms with E-state index < -0.39 is 0 Å². The molecule has 2 aliphatic heterocycles. The Morgan fingerprint density at radius 1 is 1.40 bits per heavy atom. The van der Waals surface area contributed by atoms with E-state index in [1.54, 1.807) is 13.2 Å². The van der Waals surface area contributed by atoms with Crippen LogP contribution in [0.5, 0.6) is 5.75 Å². The van der Waals surface area contributed by atoms with Crippen molar-refractivity contribution in [2.75, 3.05) is 26.7 Å². The molecule has 0 bridgehead atoms. The number of benzene rings is 1. The number of nitrogens with zero attached hydrogens (tertiary/aromatic N) is 1.